The Bertz CT molecular complexity index is 1210. The Hall–Kier alpha value is -2.58. The summed E-state index contributed by atoms with van der Waals surface area (Å²) in [6.07, 6.45) is 1.66. The Balaban J connectivity index is 1.38. The molecule has 172 valence electrons. The highest BCUT2D eigenvalue weighted by Gasteiger charge is 2.23. The number of nitriles is 1. The second-order valence-electron chi connectivity index (χ2n) is 7.89. The Morgan fingerprint density at radius 2 is 1.68 bits per heavy atom. The molecule has 0 atom stereocenters. The summed E-state index contributed by atoms with van der Waals surface area (Å²) in [5.74, 6) is 0.558. The van der Waals surface area contributed by atoms with Gasteiger partial charge in [0.1, 0.15) is 24.0 Å². The summed E-state index contributed by atoms with van der Waals surface area (Å²) in [5, 5.41) is 9.67. The Morgan fingerprint density at radius 3 is 2.32 bits per heavy atom. The number of rotatable bonds is 6. The molecule has 0 unspecified atom stereocenters. The molecule has 1 aliphatic rings. The molecule has 1 saturated heterocycles. The fraction of sp³-hybridized carbons (Fsp3) is 0.185. The normalized spacial score (nSPS) is 14.0. The van der Waals surface area contributed by atoms with Gasteiger partial charge in [-0.1, -0.05) is 36.4 Å². The van der Waals surface area contributed by atoms with E-state index in [0.29, 0.717) is 19.7 Å². The topological polar surface area (TPSA) is 56.6 Å². The van der Waals surface area contributed by atoms with E-state index < -0.39 is 0 Å². The van der Waals surface area contributed by atoms with Crippen molar-refractivity contribution in [2.75, 3.05) is 31.1 Å². The van der Waals surface area contributed by atoms with Crippen LogP contribution in [0.3, 0.4) is 0 Å². The zero-order valence-electron chi connectivity index (χ0n) is 18.5. The molecule has 1 fully saturated rings. The number of anilines is 1. The maximum Gasteiger partial charge on any atom is 0.264 e. The van der Waals surface area contributed by atoms with E-state index in [-0.39, 0.29) is 11.5 Å². The molecule has 4 rings (SSSR count). The van der Waals surface area contributed by atoms with Gasteiger partial charge in [0.05, 0.1) is 3.57 Å². The molecule has 0 bridgehead atoms. The van der Waals surface area contributed by atoms with Gasteiger partial charge in [0, 0.05) is 35.4 Å². The Labute approximate surface area is 227 Å². The highest BCUT2D eigenvalue weighted by molar-refractivity contribution is 14.1. The van der Waals surface area contributed by atoms with E-state index >= 15 is 0 Å². The second-order valence-corrected chi connectivity index (χ2v) is 10.3. The molecule has 34 heavy (non-hydrogen) atoms. The van der Waals surface area contributed by atoms with E-state index in [1.807, 2.05) is 36.4 Å². The number of para-hydroxylation sites is 1. The summed E-state index contributed by atoms with van der Waals surface area (Å²) in [4.78, 5) is 17.0. The molecule has 1 amide bonds. The van der Waals surface area contributed by atoms with Gasteiger partial charge < -0.3 is 14.5 Å². The minimum Gasteiger partial charge on any atom is -0.488 e. The number of halogens is 2. The average molecular weight is 675 g/mol. The second kappa shape index (κ2) is 11.7. The molecule has 7 heteroatoms. The predicted octanol–water partition coefficient (Wildman–Crippen LogP) is 5.73. The molecular weight excluding hydrogens is 652 g/mol. The summed E-state index contributed by atoms with van der Waals surface area (Å²) in [5.41, 5.74) is 3.21. The molecule has 0 radical (unpaired) electrons. The zero-order valence-corrected chi connectivity index (χ0v) is 22.8. The van der Waals surface area contributed by atoms with E-state index in [0.717, 1.165) is 39.2 Å². The highest BCUT2D eigenvalue weighted by atomic mass is 127. The average Bonchev–Trinajstić information content (AvgIpc) is 2.88. The lowest BCUT2D eigenvalue weighted by atomic mass is 10.1. The first-order valence-corrected chi connectivity index (χ1v) is 13.1. The van der Waals surface area contributed by atoms with Gasteiger partial charge in [0.15, 0.2) is 0 Å². The van der Waals surface area contributed by atoms with Crippen molar-refractivity contribution in [1.29, 1.82) is 5.26 Å². The number of nitrogens with zero attached hydrogens (tertiary/aromatic N) is 3. The van der Waals surface area contributed by atoms with Crippen LogP contribution in [-0.2, 0) is 11.4 Å². The number of carbonyl (C=O) groups excluding carboxylic acids is 1. The Kier molecular flexibility index (Phi) is 8.45. The largest absolute Gasteiger partial charge is 0.488 e. The minimum atomic E-state index is -0.218. The number of benzene rings is 3. The fourth-order valence-corrected chi connectivity index (χ4v) is 4.81. The molecule has 1 heterocycles. The van der Waals surface area contributed by atoms with Gasteiger partial charge in [0.2, 0.25) is 0 Å². The van der Waals surface area contributed by atoms with E-state index in [4.69, 9.17) is 4.74 Å². The van der Waals surface area contributed by atoms with Crippen molar-refractivity contribution in [2.24, 2.45) is 0 Å². The van der Waals surface area contributed by atoms with Crippen molar-refractivity contribution in [1.82, 2.24) is 4.90 Å². The van der Waals surface area contributed by atoms with Gasteiger partial charge in [0.25, 0.3) is 5.91 Å². The van der Waals surface area contributed by atoms with Crippen LogP contribution in [0.25, 0.3) is 6.08 Å². The standard InChI is InChI=1S/C27H23I2N3O2/c28-23-9-6-20(7-10-23)19-34-26-11-8-21(17-25(26)29)16-22(18-30)27(33)32-14-12-31(13-15-32)24-4-2-1-3-5-24/h1-11,16-17H,12-15,19H2/b22-16-. The minimum absolute atomic E-state index is 0.150. The summed E-state index contributed by atoms with van der Waals surface area (Å²) in [6.45, 7) is 3.17. The molecule has 0 saturated carbocycles. The monoisotopic (exact) mass is 675 g/mol. The van der Waals surface area contributed by atoms with Crippen molar-refractivity contribution in [3.05, 3.63) is 96.6 Å². The van der Waals surface area contributed by atoms with Crippen molar-refractivity contribution in [2.45, 2.75) is 6.61 Å². The quantitative estimate of drug-likeness (QED) is 0.191. The van der Waals surface area contributed by atoms with Gasteiger partial charge in [-0.2, -0.15) is 5.26 Å². The molecule has 3 aromatic carbocycles. The first-order valence-electron chi connectivity index (χ1n) is 10.9. The van der Waals surface area contributed by atoms with E-state index in [2.05, 4.69) is 92.5 Å². The van der Waals surface area contributed by atoms with Crippen molar-refractivity contribution in [3.63, 3.8) is 0 Å². The zero-order chi connectivity index (χ0) is 23.9. The van der Waals surface area contributed by atoms with Crippen LogP contribution in [0.2, 0.25) is 0 Å². The van der Waals surface area contributed by atoms with E-state index in [1.165, 1.54) is 3.57 Å². The summed E-state index contributed by atoms with van der Waals surface area (Å²) in [7, 11) is 0. The van der Waals surface area contributed by atoms with Crippen LogP contribution >= 0.6 is 45.2 Å². The Morgan fingerprint density at radius 1 is 0.971 bits per heavy atom. The molecule has 1 aliphatic heterocycles. The molecule has 0 N–H and O–H groups in total. The van der Waals surface area contributed by atoms with Crippen LogP contribution in [0.1, 0.15) is 11.1 Å². The maximum absolute atomic E-state index is 13.0. The fourth-order valence-electron chi connectivity index (χ4n) is 3.75. The lowest BCUT2D eigenvalue weighted by molar-refractivity contribution is -0.126. The van der Waals surface area contributed by atoms with E-state index in [9.17, 15) is 10.1 Å². The van der Waals surface area contributed by atoms with Gasteiger partial charge in [-0.3, -0.25) is 4.79 Å². The van der Waals surface area contributed by atoms with Gasteiger partial charge in [-0.05, 0) is 98.8 Å². The lowest BCUT2D eigenvalue weighted by Gasteiger charge is -2.36. The van der Waals surface area contributed by atoms with Crippen LogP contribution in [0.15, 0.2) is 78.4 Å². The summed E-state index contributed by atoms with van der Waals surface area (Å²) in [6, 6.07) is 26.2. The SMILES string of the molecule is N#C/C(=C/c1ccc(OCc2ccc(I)cc2)c(I)c1)C(=O)N1CCN(c2ccccc2)CC1. The molecule has 0 aliphatic carbocycles. The lowest BCUT2D eigenvalue weighted by Crippen LogP contribution is -2.49. The molecule has 0 aromatic heterocycles. The maximum atomic E-state index is 13.0. The third-order valence-electron chi connectivity index (χ3n) is 5.61. The third kappa shape index (κ3) is 6.30. The smallest absolute Gasteiger partial charge is 0.264 e. The van der Waals surface area contributed by atoms with Crippen molar-refractivity contribution < 1.29 is 9.53 Å². The first kappa shape index (κ1) is 24.5. The van der Waals surface area contributed by atoms with Crippen LogP contribution in [0.5, 0.6) is 5.75 Å². The highest BCUT2D eigenvalue weighted by Crippen LogP contribution is 2.25. The van der Waals surface area contributed by atoms with Gasteiger partial charge in [-0.15, -0.1) is 0 Å². The number of hydrogen-bond donors (Lipinski definition) is 0. The molecule has 0 spiro atoms. The molecule has 3 aromatic rings. The third-order valence-corrected chi connectivity index (χ3v) is 7.18. The van der Waals surface area contributed by atoms with Gasteiger partial charge in [-0.25, -0.2) is 0 Å². The van der Waals surface area contributed by atoms with Crippen molar-refractivity contribution >= 4 is 62.9 Å². The van der Waals surface area contributed by atoms with Crippen LogP contribution in [-0.4, -0.2) is 37.0 Å². The number of piperazine rings is 1. The number of ether oxygens (including phenoxy) is 1. The van der Waals surface area contributed by atoms with E-state index in [1.54, 1.807) is 11.0 Å². The van der Waals surface area contributed by atoms with Crippen LogP contribution < -0.4 is 9.64 Å². The van der Waals surface area contributed by atoms with Crippen LogP contribution in [0.4, 0.5) is 5.69 Å². The molecular formula is C27H23I2N3O2. The number of hydrogen-bond acceptors (Lipinski definition) is 4. The predicted molar refractivity (Wildman–Crippen MR) is 151 cm³/mol. The molecule has 5 nitrogen and oxygen atoms in total. The number of carbonyl (C=O) groups is 1. The number of amides is 1. The summed E-state index contributed by atoms with van der Waals surface area (Å²) < 4.78 is 8.08. The summed E-state index contributed by atoms with van der Waals surface area (Å²) >= 11 is 4.50. The van der Waals surface area contributed by atoms with Crippen LogP contribution in [0, 0.1) is 18.5 Å². The van der Waals surface area contributed by atoms with Crippen molar-refractivity contribution in [3.8, 4) is 11.8 Å². The van der Waals surface area contributed by atoms with Gasteiger partial charge >= 0.3 is 0 Å². The first-order chi connectivity index (χ1) is 16.5.